The molecule has 2 N–H and O–H groups in total. The van der Waals surface area contributed by atoms with Gasteiger partial charge in [0.1, 0.15) is 5.82 Å². The average molecular weight is 324 g/mol. The molecule has 0 spiro atoms. The Morgan fingerprint density at radius 1 is 0.913 bits per heavy atom. The fourth-order valence-corrected chi connectivity index (χ4v) is 2.24. The van der Waals surface area contributed by atoms with Crippen molar-refractivity contribution in [3.05, 3.63) is 83.5 Å². The number of carbonyl (C=O) groups is 1. The molecule has 0 saturated heterocycles. The number of hydrogen-bond donors (Lipinski definition) is 2. The van der Waals surface area contributed by atoms with Gasteiger partial charge in [-0.15, -0.1) is 0 Å². The third-order valence-corrected chi connectivity index (χ3v) is 3.39. The highest BCUT2D eigenvalue weighted by molar-refractivity contribution is 6.31. The van der Waals surface area contributed by atoms with E-state index in [1.54, 1.807) is 36.5 Å². The number of benzene rings is 2. The van der Waals surface area contributed by atoms with E-state index in [1.165, 1.54) is 0 Å². The quantitative estimate of drug-likeness (QED) is 0.729. The molecule has 3 aromatic rings. The highest BCUT2D eigenvalue weighted by Crippen LogP contribution is 2.17. The van der Waals surface area contributed by atoms with Crippen molar-refractivity contribution >= 4 is 34.7 Å². The van der Waals surface area contributed by atoms with Crippen LogP contribution in [-0.4, -0.2) is 10.9 Å². The minimum absolute atomic E-state index is 0.247. The van der Waals surface area contributed by atoms with Crippen molar-refractivity contribution in [2.45, 2.75) is 0 Å². The molecule has 114 valence electrons. The predicted octanol–water partition coefficient (Wildman–Crippen LogP) is 4.73. The second-order valence-electron chi connectivity index (χ2n) is 4.89. The van der Waals surface area contributed by atoms with Crippen LogP contribution in [0.15, 0.2) is 72.9 Å². The molecule has 0 aliphatic rings. The summed E-state index contributed by atoms with van der Waals surface area (Å²) in [5, 5.41) is 6.49. The first kappa shape index (κ1) is 15.1. The van der Waals surface area contributed by atoms with Crippen LogP contribution < -0.4 is 10.6 Å². The minimum atomic E-state index is -0.247. The molecule has 5 heteroatoms. The summed E-state index contributed by atoms with van der Waals surface area (Å²) in [4.78, 5) is 16.4. The second-order valence-corrected chi connectivity index (χ2v) is 5.32. The molecule has 0 bridgehead atoms. The van der Waals surface area contributed by atoms with Crippen molar-refractivity contribution in [2.24, 2.45) is 0 Å². The van der Waals surface area contributed by atoms with Crippen LogP contribution in [-0.2, 0) is 0 Å². The van der Waals surface area contributed by atoms with E-state index >= 15 is 0 Å². The molecule has 1 amide bonds. The van der Waals surface area contributed by atoms with Crippen LogP contribution in [0.25, 0.3) is 0 Å². The fraction of sp³-hybridized carbons (Fsp3) is 0. The number of halogens is 1. The van der Waals surface area contributed by atoms with Gasteiger partial charge >= 0.3 is 0 Å². The summed E-state index contributed by atoms with van der Waals surface area (Å²) in [6, 6.07) is 20.2. The standard InChI is InChI=1S/C18H14ClN3O/c19-14-6-4-5-13(11-14)18(23)22-17-10-9-16(12-20-17)21-15-7-2-1-3-8-15/h1-12,21H,(H,20,22,23). The number of nitrogens with zero attached hydrogens (tertiary/aromatic N) is 1. The van der Waals surface area contributed by atoms with Crippen molar-refractivity contribution < 1.29 is 4.79 Å². The number of nitrogens with one attached hydrogen (secondary N) is 2. The Bertz CT molecular complexity index is 804. The Balaban J connectivity index is 1.67. The molecule has 0 radical (unpaired) electrons. The Morgan fingerprint density at radius 2 is 1.74 bits per heavy atom. The lowest BCUT2D eigenvalue weighted by Crippen LogP contribution is -2.12. The Labute approximate surface area is 139 Å². The molecule has 0 fully saturated rings. The molecule has 0 unspecified atom stereocenters. The Hall–Kier alpha value is -2.85. The van der Waals surface area contributed by atoms with Crippen LogP contribution in [0, 0.1) is 0 Å². The van der Waals surface area contributed by atoms with Gasteiger partial charge in [-0.25, -0.2) is 4.98 Å². The topological polar surface area (TPSA) is 54.0 Å². The monoisotopic (exact) mass is 323 g/mol. The number of hydrogen-bond acceptors (Lipinski definition) is 3. The summed E-state index contributed by atoms with van der Waals surface area (Å²) in [6.45, 7) is 0. The largest absolute Gasteiger partial charge is 0.354 e. The van der Waals surface area contributed by atoms with Gasteiger partial charge < -0.3 is 10.6 Å². The SMILES string of the molecule is O=C(Nc1ccc(Nc2ccccc2)cn1)c1cccc(Cl)c1. The van der Waals surface area contributed by atoms with Gasteiger partial charge in [0, 0.05) is 16.3 Å². The second kappa shape index (κ2) is 6.94. The maximum Gasteiger partial charge on any atom is 0.256 e. The van der Waals surface area contributed by atoms with E-state index in [4.69, 9.17) is 11.6 Å². The fourth-order valence-electron chi connectivity index (χ4n) is 2.05. The third kappa shape index (κ3) is 4.08. The van der Waals surface area contributed by atoms with Gasteiger partial charge in [0.05, 0.1) is 11.9 Å². The molecule has 4 nitrogen and oxygen atoms in total. The summed E-state index contributed by atoms with van der Waals surface area (Å²) >= 11 is 5.89. The smallest absolute Gasteiger partial charge is 0.256 e. The molecule has 0 atom stereocenters. The number of anilines is 3. The molecule has 0 aliphatic carbocycles. The van der Waals surface area contributed by atoms with E-state index in [1.807, 2.05) is 36.4 Å². The zero-order valence-electron chi connectivity index (χ0n) is 12.2. The van der Waals surface area contributed by atoms with E-state index in [-0.39, 0.29) is 5.91 Å². The van der Waals surface area contributed by atoms with Crippen molar-refractivity contribution in [1.82, 2.24) is 4.98 Å². The van der Waals surface area contributed by atoms with Crippen LogP contribution >= 0.6 is 11.6 Å². The van der Waals surface area contributed by atoms with Crippen LogP contribution in [0.1, 0.15) is 10.4 Å². The summed E-state index contributed by atoms with van der Waals surface area (Å²) in [6.07, 6.45) is 1.67. The number of amides is 1. The summed E-state index contributed by atoms with van der Waals surface area (Å²) in [5.41, 5.74) is 2.31. The van der Waals surface area contributed by atoms with E-state index in [0.29, 0.717) is 16.4 Å². The Morgan fingerprint density at radius 3 is 2.43 bits per heavy atom. The maximum absolute atomic E-state index is 12.1. The molecule has 2 aromatic carbocycles. The van der Waals surface area contributed by atoms with Crippen molar-refractivity contribution in [3.8, 4) is 0 Å². The van der Waals surface area contributed by atoms with Crippen LogP contribution in [0.2, 0.25) is 5.02 Å². The van der Waals surface area contributed by atoms with E-state index in [9.17, 15) is 4.79 Å². The number of carbonyl (C=O) groups excluding carboxylic acids is 1. The number of para-hydroxylation sites is 1. The number of aromatic nitrogens is 1. The maximum atomic E-state index is 12.1. The highest BCUT2D eigenvalue weighted by atomic mass is 35.5. The molecule has 1 heterocycles. The van der Waals surface area contributed by atoms with E-state index in [0.717, 1.165) is 11.4 Å². The summed E-state index contributed by atoms with van der Waals surface area (Å²) in [5.74, 6) is 0.234. The Kier molecular flexibility index (Phi) is 4.54. The van der Waals surface area contributed by atoms with Gasteiger partial charge in [-0.2, -0.15) is 0 Å². The molecule has 0 aliphatic heterocycles. The molecular weight excluding hydrogens is 310 g/mol. The zero-order chi connectivity index (χ0) is 16.1. The normalized spacial score (nSPS) is 10.1. The van der Waals surface area contributed by atoms with Crippen LogP contribution in [0.3, 0.4) is 0 Å². The average Bonchev–Trinajstić information content (AvgIpc) is 2.57. The number of pyridine rings is 1. The summed E-state index contributed by atoms with van der Waals surface area (Å²) < 4.78 is 0. The zero-order valence-corrected chi connectivity index (χ0v) is 12.9. The van der Waals surface area contributed by atoms with Crippen LogP contribution in [0.4, 0.5) is 17.2 Å². The lowest BCUT2D eigenvalue weighted by atomic mass is 10.2. The lowest BCUT2D eigenvalue weighted by molar-refractivity contribution is 0.102. The van der Waals surface area contributed by atoms with Gasteiger partial charge in [0.15, 0.2) is 0 Å². The minimum Gasteiger partial charge on any atom is -0.354 e. The lowest BCUT2D eigenvalue weighted by Gasteiger charge is -2.08. The molecular formula is C18H14ClN3O. The predicted molar refractivity (Wildman–Crippen MR) is 93.4 cm³/mol. The van der Waals surface area contributed by atoms with Crippen molar-refractivity contribution in [2.75, 3.05) is 10.6 Å². The summed E-state index contributed by atoms with van der Waals surface area (Å²) in [7, 11) is 0. The first-order chi connectivity index (χ1) is 11.2. The first-order valence-corrected chi connectivity index (χ1v) is 7.43. The van der Waals surface area contributed by atoms with E-state index < -0.39 is 0 Å². The molecule has 23 heavy (non-hydrogen) atoms. The highest BCUT2D eigenvalue weighted by Gasteiger charge is 2.07. The first-order valence-electron chi connectivity index (χ1n) is 7.06. The van der Waals surface area contributed by atoms with Crippen molar-refractivity contribution in [3.63, 3.8) is 0 Å². The van der Waals surface area contributed by atoms with Crippen LogP contribution in [0.5, 0.6) is 0 Å². The van der Waals surface area contributed by atoms with Gasteiger partial charge in [0.25, 0.3) is 5.91 Å². The van der Waals surface area contributed by atoms with Gasteiger partial charge in [0.2, 0.25) is 0 Å². The third-order valence-electron chi connectivity index (χ3n) is 3.15. The number of rotatable bonds is 4. The van der Waals surface area contributed by atoms with E-state index in [2.05, 4.69) is 15.6 Å². The molecule has 1 aromatic heterocycles. The molecule has 3 rings (SSSR count). The molecule has 0 saturated carbocycles. The van der Waals surface area contributed by atoms with Gasteiger partial charge in [-0.05, 0) is 42.5 Å². The van der Waals surface area contributed by atoms with Crippen molar-refractivity contribution in [1.29, 1.82) is 0 Å². The van der Waals surface area contributed by atoms with Gasteiger partial charge in [-0.1, -0.05) is 35.9 Å². The van der Waals surface area contributed by atoms with Gasteiger partial charge in [-0.3, -0.25) is 4.79 Å².